The molecule has 1 amide bonds. The molecule has 5 heteroatoms. The number of hydrogen-bond acceptors (Lipinski definition) is 3. The summed E-state index contributed by atoms with van der Waals surface area (Å²) >= 11 is 0. The largest absolute Gasteiger partial charge is 0.346 e. The monoisotopic (exact) mass is 300 g/mol. The van der Waals surface area contributed by atoms with Crippen molar-refractivity contribution >= 4 is 16.9 Å². The summed E-state index contributed by atoms with van der Waals surface area (Å²) in [6, 6.07) is 4.33. The first-order valence-electron chi connectivity index (χ1n) is 8.20. The van der Waals surface area contributed by atoms with Crippen LogP contribution in [0.15, 0.2) is 24.5 Å². The number of fused-ring (bicyclic) bond motifs is 1. The standard InChI is InChI=1S/C17H24N4O/c1-2-10-21(14-5-8-18-9-6-14)16(22)11-13-12-20-17-15(13)4-3-7-19-17/h3-4,7,12,14,18H,2,5-6,8-11H2,1H3,(H,19,20). The van der Waals surface area contributed by atoms with Gasteiger partial charge in [-0.05, 0) is 50.0 Å². The molecule has 0 saturated carbocycles. The van der Waals surface area contributed by atoms with Crippen LogP contribution < -0.4 is 5.32 Å². The van der Waals surface area contributed by atoms with Gasteiger partial charge in [0.25, 0.3) is 0 Å². The first kappa shape index (κ1) is 15.0. The van der Waals surface area contributed by atoms with Crippen LogP contribution in [0.25, 0.3) is 11.0 Å². The summed E-state index contributed by atoms with van der Waals surface area (Å²) in [5.74, 6) is 0.235. The van der Waals surface area contributed by atoms with Gasteiger partial charge in [-0.1, -0.05) is 6.92 Å². The van der Waals surface area contributed by atoms with Crippen LogP contribution >= 0.6 is 0 Å². The molecule has 0 spiro atoms. The molecule has 1 aliphatic heterocycles. The van der Waals surface area contributed by atoms with Gasteiger partial charge in [0.1, 0.15) is 5.65 Å². The van der Waals surface area contributed by atoms with Gasteiger partial charge < -0.3 is 15.2 Å². The van der Waals surface area contributed by atoms with Gasteiger partial charge in [-0.2, -0.15) is 0 Å². The van der Waals surface area contributed by atoms with E-state index in [9.17, 15) is 4.79 Å². The summed E-state index contributed by atoms with van der Waals surface area (Å²) in [5, 5.41) is 4.42. The third kappa shape index (κ3) is 3.14. The fraction of sp³-hybridized carbons (Fsp3) is 0.529. The molecule has 3 heterocycles. The summed E-state index contributed by atoms with van der Waals surface area (Å²) in [6.45, 7) is 5.01. The molecule has 118 valence electrons. The van der Waals surface area contributed by atoms with Crippen molar-refractivity contribution in [3.8, 4) is 0 Å². The Kier molecular flexibility index (Phi) is 4.73. The van der Waals surface area contributed by atoms with Crippen LogP contribution in [-0.2, 0) is 11.2 Å². The van der Waals surface area contributed by atoms with E-state index in [0.29, 0.717) is 12.5 Å². The average Bonchev–Trinajstić information content (AvgIpc) is 2.96. The average molecular weight is 300 g/mol. The fourth-order valence-corrected chi connectivity index (χ4v) is 3.29. The van der Waals surface area contributed by atoms with Crippen LogP contribution in [0.3, 0.4) is 0 Å². The fourth-order valence-electron chi connectivity index (χ4n) is 3.29. The van der Waals surface area contributed by atoms with Gasteiger partial charge in [0, 0.05) is 30.4 Å². The SMILES string of the molecule is CCCN(C(=O)Cc1c[nH]c2ncccc12)C1CCNCC1. The highest BCUT2D eigenvalue weighted by atomic mass is 16.2. The van der Waals surface area contributed by atoms with Gasteiger partial charge in [-0.15, -0.1) is 0 Å². The van der Waals surface area contributed by atoms with Gasteiger partial charge >= 0.3 is 0 Å². The second-order valence-corrected chi connectivity index (χ2v) is 5.96. The minimum atomic E-state index is 0.235. The molecule has 1 saturated heterocycles. The summed E-state index contributed by atoms with van der Waals surface area (Å²) in [5.41, 5.74) is 1.90. The summed E-state index contributed by atoms with van der Waals surface area (Å²) in [4.78, 5) is 22.4. The molecule has 1 fully saturated rings. The normalized spacial score (nSPS) is 16.0. The van der Waals surface area contributed by atoms with E-state index in [4.69, 9.17) is 0 Å². The number of rotatable bonds is 5. The van der Waals surface area contributed by atoms with E-state index in [2.05, 4.69) is 27.1 Å². The maximum Gasteiger partial charge on any atom is 0.227 e. The number of carbonyl (C=O) groups excluding carboxylic acids is 1. The van der Waals surface area contributed by atoms with Crippen molar-refractivity contribution in [2.24, 2.45) is 0 Å². The lowest BCUT2D eigenvalue weighted by Gasteiger charge is -2.34. The van der Waals surface area contributed by atoms with Crippen molar-refractivity contribution in [2.45, 2.75) is 38.6 Å². The van der Waals surface area contributed by atoms with Crippen molar-refractivity contribution in [1.82, 2.24) is 20.2 Å². The maximum absolute atomic E-state index is 12.8. The predicted molar refractivity (Wildman–Crippen MR) is 87.7 cm³/mol. The first-order valence-corrected chi connectivity index (χ1v) is 8.20. The Balaban J connectivity index is 1.75. The highest BCUT2D eigenvalue weighted by Crippen LogP contribution is 2.19. The van der Waals surface area contributed by atoms with Gasteiger partial charge in [0.05, 0.1) is 6.42 Å². The van der Waals surface area contributed by atoms with Crippen LogP contribution in [0.4, 0.5) is 0 Å². The van der Waals surface area contributed by atoms with Gasteiger partial charge in [0.15, 0.2) is 0 Å². The Morgan fingerprint density at radius 1 is 1.41 bits per heavy atom. The molecule has 5 nitrogen and oxygen atoms in total. The Morgan fingerprint density at radius 3 is 3.00 bits per heavy atom. The third-order valence-corrected chi connectivity index (χ3v) is 4.41. The van der Waals surface area contributed by atoms with E-state index in [-0.39, 0.29) is 5.91 Å². The Hall–Kier alpha value is -1.88. The van der Waals surface area contributed by atoms with Crippen LogP contribution in [0.1, 0.15) is 31.7 Å². The summed E-state index contributed by atoms with van der Waals surface area (Å²) in [7, 11) is 0. The molecule has 0 aromatic carbocycles. The van der Waals surface area contributed by atoms with Crippen molar-refractivity contribution in [1.29, 1.82) is 0 Å². The number of aromatic amines is 1. The Morgan fingerprint density at radius 2 is 2.23 bits per heavy atom. The number of piperidine rings is 1. The zero-order valence-corrected chi connectivity index (χ0v) is 13.1. The molecule has 22 heavy (non-hydrogen) atoms. The molecule has 0 unspecified atom stereocenters. The molecule has 1 aliphatic rings. The number of hydrogen-bond donors (Lipinski definition) is 2. The number of pyridine rings is 1. The quantitative estimate of drug-likeness (QED) is 0.889. The zero-order valence-electron chi connectivity index (χ0n) is 13.1. The molecule has 0 bridgehead atoms. The van der Waals surface area contributed by atoms with Crippen LogP contribution in [-0.4, -0.2) is 46.5 Å². The summed E-state index contributed by atoms with van der Waals surface area (Å²) in [6.07, 6.45) is 7.26. The molecular formula is C17H24N4O. The van der Waals surface area contributed by atoms with E-state index < -0.39 is 0 Å². The van der Waals surface area contributed by atoms with E-state index in [1.54, 1.807) is 6.20 Å². The lowest BCUT2D eigenvalue weighted by Crippen LogP contribution is -2.47. The van der Waals surface area contributed by atoms with Gasteiger partial charge in [0.2, 0.25) is 5.91 Å². The number of aromatic nitrogens is 2. The van der Waals surface area contributed by atoms with Crippen LogP contribution in [0, 0.1) is 0 Å². The number of amides is 1. The molecule has 0 radical (unpaired) electrons. The van der Waals surface area contributed by atoms with E-state index in [1.165, 1.54) is 0 Å². The molecule has 0 atom stereocenters. The molecule has 2 aromatic heterocycles. The third-order valence-electron chi connectivity index (χ3n) is 4.41. The van der Waals surface area contributed by atoms with E-state index in [0.717, 1.165) is 55.5 Å². The summed E-state index contributed by atoms with van der Waals surface area (Å²) < 4.78 is 0. The molecule has 2 aromatic rings. The lowest BCUT2D eigenvalue weighted by molar-refractivity contribution is -0.133. The Bertz CT molecular complexity index is 630. The first-order chi connectivity index (χ1) is 10.8. The van der Waals surface area contributed by atoms with Crippen molar-refractivity contribution in [2.75, 3.05) is 19.6 Å². The predicted octanol–water partition coefficient (Wildman–Crippen LogP) is 2.10. The lowest BCUT2D eigenvalue weighted by atomic mass is 10.0. The van der Waals surface area contributed by atoms with E-state index >= 15 is 0 Å². The van der Waals surface area contributed by atoms with Crippen molar-refractivity contribution < 1.29 is 4.79 Å². The second-order valence-electron chi connectivity index (χ2n) is 5.96. The molecule has 0 aliphatic carbocycles. The number of nitrogens with zero attached hydrogens (tertiary/aromatic N) is 2. The zero-order chi connectivity index (χ0) is 15.4. The van der Waals surface area contributed by atoms with Crippen LogP contribution in [0.2, 0.25) is 0 Å². The minimum Gasteiger partial charge on any atom is -0.346 e. The maximum atomic E-state index is 12.8. The van der Waals surface area contributed by atoms with Crippen LogP contribution in [0.5, 0.6) is 0 Å². The molecule has 2 N–H and O–H groups in total. The molecular weight excluding hydrogens is 276 g/mol. The highest BCUT2D eigenvalue weighted by molar-refractivity contribution is 5.87. The number of nitrogens with one attached hydrogen (secondary N) is 2. The highest BCUT2D eigenvalue weighted by Gasteiger charge is 2.25. The second kappa shape index (κ2) is 6.92. The number of H-pyrrole nitrogens is 1. The van der Waals surface area contributed by atoms with Crippen molar-refractivity contribution in [3.63, 3.8) is 0 Å². The minimum absolute atomic E-state index is 0.235. The Labute approximate surface area is 131 Å². The van der Waals surface area contributed by atoms with Crippen molar-refractivity contribution in [3.05, 3.63) is 30.1 Å². The number of carbonyl (C=O) groups is 1. The molecule has 3 rings (SSSR count). The smallest absolute Gasteiger partial charge is 0.227 e. The van der Waals surface area contributed by atoms with Gasteiger partial charge in [-0.3, -0.25) is 4.79 Å². The topological polar surface area (TPSA) is 61.0 Å². The van der Waals surface area contributed by atoms with Gasteiger partial charge in [-0.25, -0.2) is 4.98 Å². The van der Waals surface area contributed by atoms with E-state index in [1.807, 2.05) is 18.3 Å².